The van der Waals surface area contributed by atoms with E-state index in [1.807, 2.05) is 31.4 Å². The van der Waals surface area contributed by atoms with E-state index in [4.69, 9.17) is 4.74 Å². The molecule has 2 aromatic heterocycles. The Morgan fingerprint density at radius 3 is 2.61 bits per heavy atom. The van der Waals surface area contributed by atoms with Gasteiger partial charge in [-0.1, -0.05) is 18.9 Å². The summed E-state index contributed by atoms with van der Waals surface area (Å²) in [5.74, 6) is 3.26. The third-order valence-electron chi connectivity index (χ3n) is 7.21. The van der Waals surface area contributed by atoms with E-state index in [-0.39, 0.29) is 5.75 Å². The highest BCUT2D eigenvalue weighted by Gasteiger charge is 2.37. The fraction of sp³-hybridized carbons (Fsp3) is 0.400. The van der Waals surface area contributed by atoms with Gasteiger partial charge >= 0.3 is 0 Å². The SMILES string of the molecule is Cn1cc(-c2ccc(-c3cc4c(nn3)C(C3C[C@H]5CC[C@@H](C3)C5)=CCO4)c(O)c2)cn1. The standard InChI is InChI=1S/C25H26N4O2/c1-29-14-19(13-26-29)17-4-5-21(23(30)11-17)22-12-24-25(28-27-22)20(6-7-31-24)18-9-15-2-3-16(8-15)10-18/h4-6,11-16,18,30H,2-3,7-10H2,1H3/t15-,16+,18?. The van der Waals surface area contributed by atoms with Crippen molar-refractivity contribution in [3.8, 4) is 33.9 Å². The Bertz CT molecular complexity index is 1170. The van der Waals surface area contributed by atoms with Crippen LogP contribution in [-0.2, 0) is 7.05 Å². The molecule has 0 saturated heterocycles. The van der Waals surface area contributed by atoms with Gasteiger partial charge in [0.25, 0.3) is 0 Å². The first-order valence-corrected chi connectivity index (χ1v) is 11.2. The number of phenolic OH excluding ortho intramolecular Hbond substituents is 1. The summed E-state index contributed by atoms with van der Waals surface area (Å²) in [5.41, 5.74) is 5.34. The van der Waals surface area contributed by atoms with Gasteiger partial charge in [0.1, 0.15) is 29.5 Å². The van der Waals surface area contributed by atoms with Crippen LogP contribution in [0, 0.1) is 17.8 Å². The predicted molar refractivity (Wildman–Crippen MR) is 118 cm³/mol. The number of aromatic hydroxyl groups is 1. The average Bonchev–Trinajstić information content (AvgIpc) is 3.37. The molecule has 0 spiro atoms. The van der Waals surface area contributed by atoms with Gasteiger partial charge in [-0.15, -0.1) is 10.2 Å². The van der Waals surface area contributed by atoms with Crippen molar-refractivity contribution in [2.45, 2.75) is 32.1 Å². The summed E-state index contributed by atoms with van der Waals surface area (Å²) in [6.07, 6.45) is 12.6. The predicted octanol–water partition coefficient (Wildman–Crippen LogP) is 4.85. The maximum Gasteiger partial charge on any atom is 0.149 e. The fourth-order valence-corrected chi connectivity index (χ4v) is 5.75. The number of aromatic nitrogens is 4. The van der Waals surface area contributed by atoms with Gasteiger partial charge in [0.05, 0.1) is 6.20 Å². The molecule has 3 aromatic rings. The lowest BCUT2D eigenvalue weighted by molar-refractivity contribution is 0.300. The molecule has 3 atom stereocenters. The fourth-order valence-electron chi connectivity index (χ4n) is 5.75. The molecule has 1 N–H and O–H groups in total. The van der Waals surface area contributed by atoms with Crippen molar-refractivity contribution in [3.05, 3.63) is 48.4 Å². The third kappa shape index (κ3) is 3.30. The van der Waals surface area contributed by atoms with E-state index < -0.39 is 0 Å². The van der Waals surface area contributed by atoms with Gasteiger partial charge in [-0.25, -0.2) is 0 Å². The first-order valence-electron chi connectivity index (χ1n) is 11.2. The molecular weight excluding hydrogens is 388 g/mol. The molecule has 6 heteroatoms. The quantitative estimate of drug-likeness (QED) is 0.663. The van der Waals surface area contributed by atoms with Crippen LogP contribution >= 0.6 is 0 Å². The van der Waals surface area contributed by atoms with E-state index in [1.54, 1.807) is 16.9 Å². The molecule has 6 rings (SSSR count). The maximum atomic E-state index is 10.7. The van der Waals surface area contributed by atoms with Crippen molar-refractivity contribution in [2.75, 3.05) is 6.61 Å². The number of hydrogen-bond donors (Lipinski definition) is 1. The van der Waals surface area contributed by atoms with Crippen molar-refractivity contribution in [3.63, 3.8) is 0 Å². The molecule has 1 aliphatic heterocycles. The van der Waals surface area contributed by atoms with E-state index >= 15 is 0 Å². The summed E-state index contributed by atoms with van der Waals surface area (Å²) in [4.78, 5) is 0. The van der Waals surface area contributed by atoms with Crippen LogP contribution in [0.15, 0.2) is 42.7 Å². The first kappa shape index (κ1) is 18.6. The van der Waals surface area contributed by atoms with Crippen LogP contribution < -0.4 is 4.74 Å². The molecule has 2 fully saturated rings. The first-order chi connectivity index (χ1) is 15.1. The molecule has 2 aliphatic carbocycles. The number of hydrogen-bond acceptors (Lipinski definition) is 5. The smallest absolute Gasteiger partial charge is 0.149 e. The van der Waals surface area contributed by atoms with Crippen LogP contribution in [0.4, 0.5) is 0 Å². The molecule has 0 radical (unpaired) electrons. The van der Waals surface area contributed by atoms with E-state index in [0.29, 0.717) is 23.8 Å². The molecule has 158 valence electrons. The molecule has 1 unspecified atom stereocenters. The van der Waals surface area contributed by atoms with Gasteiger partial charge in [-0.05, 0) is 66.4 Å². The number of fused-ring (bicyclic) bond motifs is 3. The molecule has 3 heterocycles. The number of benzene rings is 1. The maximum absolute atomic E-state index is 10.7. The molecule has 0 amide bonds. The van der Waals surface area contributed by atoms with Crippen LogP contribution in [0.25, 0.3) is 28.0 Å². The topological polar surface area (TPSA) is 73.1 Å². The molecule has 31 heavy (non-hydrogen) atoms. The molecule has 6 nitrogen and oxygen atoms in total. The zero-order valence-electron chi connectivity index (χ0n) is 17.7. The van der Waals surface area contributed by atoms with Crippen molar-refractivity contribution in [1.82, 2.24) is 20.0 Å². The minimum Gasteiger partial charge on any atom is -0.507 e. The number of phenols is 1. The molecule has 2 bridgehead atoms. The van der Waals surface area contributed by atoms with Gasteiger partial charge < -0.3 is 9.84 Å². The summed E-state index contributed by atoms with van der Waals surface area (Å²) >= 11 is 0. The molecule has 1 aromatic carbocycles. The van der Waals surface area contributed by atoms with Crippen molar-refractivity contribution >= 4 is 5.57 Å². The van der Waals surface area contributed by atoms with E-state index in [2.05, 4.69) is 21.4 Å². The van der Waals surface area contributed by atoms with Crippen LogP contribution in [0.2, 0.25) is 0 Å². The van der Waals surface area contributed by atoms with Crippen molar-refractivity contribution in [1.29, 1.82) is 0 Å². The average molecular weight is 415 g/mol. The van der Waals surface area contributed by atoms with Gasteiger partial charge in [-0.3, -0.25) is 4.68 Å². The summed E-state index contributed by atoms with van der Waals surface area (Å²) in [7, 11) is 1.88. The highest BCUT2D eigenvalue weighted by molar-refractivity contribution is 5.77. The van der Waals surface area contributed by atoms with E-state index in [9.17, 15) is 5.11 Å². The minimum atomic E-state index is 0.172. The van der Waals surface area contributed by atoms with Crippen molar-refractivity contribution in [2.24, 2.45) is 24.8 Å². The molecule has 3 aliphatic rings. The van der Waals surface area contributed by atoms with E-state index in [1.165, 1.54) is 37.7 Å². The van der Waals surface area contributed by atoms with Gasteiger partial charge in [0.15, 0.2) is 0 Å². The summed E-state index contributed by atoms with van der Waals surface area (Å²) in [5, 5.41) is 24.0. The second-order valence-corrected chi connectivity index (χ2v) is 9.26. The zero-order valence-corrected chi connectivity index (χ0v) is 17.7. The van der Waals surface area contributed by atoms with Crippen LogP contribution in [0.5, 0.6) is 11.5 Å². The molecular formula is C25H26N4O2. The second kappa shape index (κ2) is 7.22. The highest BCUT2D eigenvalue weighted by Crippen LogP contribution is 2.50. The lowest BCUT2D eigenvalue weighted by Gasteiger charge is -2.31. The molecule has 2 saturated carbocycles. The Balaban J connectivity index is 1.30. The Kier molecular flexibility index (Phi) is 4.33. The third-order valence-corrected chi connectivity index (χ3v) is 7.21. The Morgan fingerprint density at radius 1 is 1.03 bits per heavy atom. The number of allylic oxidation sites excluding steroid dienone is 1. The van der Waals surface area contributed by atoms with Crippen LogP contribution in [0.3, 0.4) is 0 Å². The number of aryl methyl sites for hydroxylation is 1. The lowest BCUT2D eigenvalue weighted by atomic mass is 9.76. The minimum absolute atomic E-state index is 0.172. The van der Waals surface area contributed by atoms with Gasteiger partial charge in [0.2, 0.25) is 0 Å². The van der Waals surface area contributed by atoms with Crippen molar-refractivity contribution < 1.29 is 9.84 Å². The number of ether oxygens (including phenoxy) is 1. The number of nitrogens with zero attached hydrogens (tertiary/aromatic N) is 4. The summed E-state index contributed by atoms with van der Waals surface area (Å²) in [6, 6.07) is 7.52. The Hall–Kier alpha value is -3.15. The zero-order chi connectivity index (χ0) is 20.9. The summed E-state index contributed by atoms with van der Waals surface area (Å²) < 4.78 is 7.69. The Morgan fingerprint density at radius 2 is 1.87 bits per heavy atom. The number of rotatable bonds is 3. The lowest BCUT2D eigenvalue weighted by Crippen LogP contribution is -2.20. The normalized spacial score (nSPS) is 24.4. The van der Waals surface area contributed by atoms with Gasteiger partial charge in [-0.2, -0.15) is 5.10 Å². The summed E-state index contributed by atoms with van der Waals surface area (Å²) in [6.45, 7) is 0.575. The Labute approximate surface area is 181 Å². The monoisotopic (exact) mass is 414 g/mol. The van der Waals surface area contributed by atoms with Crippen LogP contribution in [0.1, 0.15) is 37.8 Å². The largest absolute Gasteiger partial charge is 0.507 e. The van der Waals surface area contributed by atoms with Gasteiger partial charge in [0, 0.05) is 30.4 Å². The van der Waals surface area contributed by atoms with Crippen LogP contribution in [-0.4, -0.2) is 31.7 Å². The second-order valence-electron chi connectivity index (χ2n) is 9.26. The van der Waals surface area contributed by atoms with E-state index in [0.717, 1.165) is 34.4 Å². The highest BCUT2D eigenvalue weighted by atomic mass is 16.5.